The molecule has 3 rings (SSSR count). The summed E-state index contributed by atoms with van der Waals surface area (Å²) in [5.41, 5.74) is -0.350. The summed E-state index contributed by atoms with van der Waals surface area (Å²) in [6.07, 6.45) is 1.95. The lowest BCUT2D eigenvalue weighted by atomic mass is 9.73. The molecule has 0 aromatic carbocycles. The van der Waals surface area contributed by atoms with Gasteiger partial charge in [0.2, 0.25) is 0 Å². The van der Waals surface area contributed by atoms with E-state index in [9.17, 15) is 0 Å². The quantitative estimate of drug-likeness (QED) is 0.670. The Balaban J connectivity index is 1.85. The van der Waals surface area contributed by atoms with E-state index >= 15 is 0 Å². The smallest absolute Gasteiger partial charge is 0.191 e. The van der Waals surface area contributed by atoms with Gasteiger partial charge in [0.05, 0.1) is 18.8 Å². The Hall–Kier alpha value is 0.0169. The zero-order valence-electron chi connectivity index (χ0n) is 18.1. The van der Waals surface area contributed by atoms with Crippen LogP contribution in [0.3, 0.4) is 0 Å². The predicted molar refractivity (Wildman–Crippen MR) is 104 cm³/mol. The molecule has 6 heteroatoms. The van der Waals surface area contributed by atoms with Crippen molar-refractivity contribution >= 4 is 8.32 Å². The van der Waals surface area contributed by atoms with Crippen LogP contribution in [0.25, 0.3) is 0 Å². The summed E-state index contributed by atoms with van der Waals surface area (Å²) in [6.45, 7) is 20.6. The molecule has 0 bridgehead atoms. The average molecular weight is 387 g/mol. The normalized spacial score (nSPS) is 39.3. The summed E-state index contributed by atoms with van der Waals surface area (Å²) >= 11 is 0. The summed E-state index contributed by atoms with van der Waals surface area (Å²) in [5.74, 6) is -0.999. The third-order valence-electron chi connectivity index (χ3n) is 6.69. The molecule has 0 aromatic rings. The average Bonchev–Trinajstić information content (AvgIpc) is 2.92. The third-order valence-corrected chi connectivity index (χ3v) is 11.2. The van der Waals surface area contributed by atoms with Crippen LogP contribution in [0.15, 0.2) is 0 Å². The second-order valence-electron chi connectivity index (χ2n) is 10.7. The number of rotatable bonds is 3. The standard InChI is InChI=1S/C20H38O5Si/c1-17(2,3)26(8,9)22-12-14-16-15(23-19(6,7)24-16)10-11-20(14)13-21-18(4,5)25-20/h14-16H,10-13H2,1-9H3/t14-,15+,16-,20+/m0/s1. The Labute approximate surface area is 160 Å². The van der Waals surface area contributed by atoms with Crippen LogP contribution in [0.2, 0.25) is 18.1 Å². The first-order valence-corrected chi connectivity index (χ1v) is 12.9. The molecule has 1 saturated carbocycles. The summed E-state index contributed by atoms with van der Waals surface area (Å²) in [4.78, 5) is 0. The highest BCUT2D eigenvalue weighted by Gasteiger charge is 2.61. The van der Waals surface area contributed by atoms with E-state index in [0.717, 1.165) is 12.8 Å². The van der Waals surface area contributed by atoms with Crippen molar-refractivity contribution in [3.8, 4) is 0 Å². The van der Waals surface area contributed by atoms with Crippen LogP contribution in [0, 0.1) is 5.92 Å². The first kappa shape index (κ1) is 20.7. The Kier molecular flexibility index (Phi) is 4.99. The van der Waals surface area contributed by atoms with E-state index in [1.807, 2.05) is 27.7 Å². The van der Waals surface area contributed by atoms with Crippen molar-refractivity contribution in [1.82, 2.24) is 0 Å². The molecule has 1 aliphatic carbocycles. The van der Waals surface area contributed by atoms with Crippen molar-refractivity contribution in [2.75, 3.05) is 13.2 Å². The number of fused-ring (bicyclic) bond motifs is 1. The molecule has 5 nitrogen and oxygen atoms in total. The van der Waals surface area contributed by atoms with Crippen molar-refractivity contribution in [2.45, 2.75) is 109 Å². The van der Waals surface area contributed by atoms with E-state index in [0.29, 0.717) is 13.2 Å². The first-order valence-electron chi connectivity index (χ1n) is 10.0. The van der Waals surface area contributed by atoms with Gasteiger partial charge in [0.25, 0.3) is 0 Å². The Bertz CT molecular complexity index is 537. The minimum absolute atomic E-state index is 0.0129. The van der Waals surface area contributed by atoms with E-state index in [4.69, 9.17) is 23.4 Å². The number of ether oxygens (including phenoxy) is 4. The maximum Gasteiger partial charge on any atom is 0.191 e. The molecule has 3 fully saturated rings. The van der Waals surface area contributed by atoms with Gasteiger partial charge in [-0.3, -0.25) is 0 Å². The van der Waals surface area contributed by atoms with Gasteiger partial charge in [-0.15, -0.1) is 0 Å². The molecule has 3 aliphatic rings. The molecule has 152 valence electrons. The zero-order valence-corrected chi connectivity index (χ0v) is 19.1. The van der Waals surface area contributed by atoms with Crippen molar-refractivity contribution < 1.29 is 23.4 Å². The van der Waals surface area contributed by atoms with Crippen molar-refractivity contribution in [2.24, 2.45) is 5.92 Å². The van der Waals surface area contributed by atoms with Crippen LogP contribution in [0.1, 0.15) is 61.3 Å². The molecule has 4 atom stereocenters. The summed E-state index contributed by atoms with van der Waals surface area (Å²) in [5, 5.41) is 0.173. The summed E-state index contributed by atoms with van der Waals surface area (Å²) in [6, 6.07) is 0. The van der Waals surface area contributed by atoms with Gasteiger partial charge in [-0.2, -0.15) is 0 Å². The van der Waals surface area contributed by atoms with Gasteiger partial charge in [-0.05, 0) is 58.7 Å². The van der Waals surface area contributed by atoms with E-state index < -0.39 is 19.9 Å². The lowest BCUT2D eigenvalue weighted by Crippen LogP contribution is -2.57. The van der Waals surface area contributed by atoms with Crippen molar-refractivity contribution in [1.29, 1.82) is 0 Å². The fourth-order valence-corrected chi connectivity index (χ4v) is 5.24. The maximum absolute atomic E-state index is 6.63. The molecule has 26 heavy (non-hydrogen) atoms. The Morgan fingerprint density at radius 2 is 1.69 bits per heavy atom. The molecule has 2 aliphatic heterocycles. The molecule has 0 amide bonds. The molecule has 2 heterocycles. The van der Waals surface area contributed by atoms with Crippen LogP contribution in [0.4, 0.5) is 0 Å². The van der Waals surface area contributed by atoms with Gasteiger partial charge in [-0.1, -0.05) is 20.8 Å². The van der Waals surface area contributed by atoms with E-state index in [2.05, 4.69) is 33.9 Å². The van der Waals surface area contributed by atoms with Crippen LogP contribution in [-0.2, 0) is 23.4 Å². The molecule has 0 unspecified atom stereocenters. The Morgan fingerprint density at radius 3 is 2.23 bits per heavy atom. The number of hydrogen-bond donors (Lipinski definition) is 0. The van der Waals surface area contributed by atoms with Gasteiger partial charge in [0, 0.05) is 12.5 Å². The van der Waals surface area contributed by atoms with Gasteiger partial charge in [0.15, 0.2) is 19.9 Å². The van der Waals surface area contributed by atoms with Crippen LogP contribution >= 0.6 is 0 Å². The van der Waals surface area contributed by atoms with Crippen LogP contribution in [-0.4, -0.2) is 50.9 Å². The van der Waals surface area contributed by atoms with Crippen LogP contribution in [0.5, 0.6) is 0 Å². The lowest BCUT2D eigenvalue weighted by Gasteiger charge is -2.46. The molecule has 2 saturated heterocycles. The lowest BCUT2D eigenvalue weighted by molar-refractivity contribution is -0.203. The van der Waals surface area contributed by atoms with Gasteiger partial charge in [-0.25, -0.2) is 0 Å². The highest BCUT2D eigenvalue weighted by Crippen LogP contribution is 2.51. The minimum Gasteiger partial charge on any atom is -0.416 e. The molecule has 0 aromatic heterocycles. The van der Waals surface area contributed by atoms with Crippen molar-refractivity contribution in [3.05, 3.63) is 0 Å². The second kappa shape index (κ2) is 6.26. The maximum atomic E-state index is 6.63. The first-order chi connectivity index (χ1) is 11.7. The van der Waals surface area contributed by atoms with Gasteiger partial charge >= 0.3 is 0 Å². The Morgan fingerprint density at radius 1 is 1.04 bits per heavy atom. The highest BCUT2D eigenvalue weighted by atomic mass is 28.4. The SMILES string of the molecule is CC1(C)O[C@@H]2[C@@H](CC[C@@]3(COC(C)(C)O3)[C@H]2CO[Si](C)(C)C(C)(C)C)O1. The predicted octanol–water partition coefficient (Wildman–Crippen LogP) is 4.46. The second-order valence-corrected chi connectivity index (χ2v) is 15.5. The zero-order chi connectivity index (χ0) is 19.6. The molecular formula is C20H38O5Si. The minimum atomic E-state index is -1.86. The molecule has 0 N–H and O–H groups in total. The van der Waals surface area contributed by atoms with E-state index in [-0.39, 0.29) is 28.8 Å². The topological polar surface area (TPSA) is 46.2 Å². The third kappa shape index (κ3) is 3.78. The fourth-order valence-electron chi connectivity index (χ4n) is 4.21. The van der Waals surface area contributed by atoms with Crippen molar-refractivity contribution in [3.63, 3.8) is 0 Å². The van der Waals surface area contributed by atoms with Crippen LogP contribution < -0.4 is 0 Å². The summed E-state index contributed by atoms with van der Waals surface area (Å²) in [7, 11) is -1.86. The highest BCUT2D eigenvalue weighted by molar-refractivity contribution is 6.74. The van der Waals surface area contributed by atoms with E-state index in [1.165, 1.54) is 0 Å². The molecular weight excluding hydrogens is 348 g/mol. The van der Waals surface area contributed by atoms with Gasteiger partial charge in [0.1, 0.15) is 5.60 Å². The fraction of sp³-hybridized carbons (Fsp3) is 1.00. The monoisotopic (exact) mass is 386 g/mol. The number of hydrogen-bond acceptors (Lipinski definition) is 5. The molecule has 0 radical (unpaired) electrons. The molecule has 1 spiro atoms. The van der Waals surface area contributed by atoms with Gasteiger partial charge < -0.3 is 23.4 Å². The van der Waals surface area contributed by atoms with E-state index in [1.54, 1.807) is 0 Å². The summed E-state index contributed by atoms with van der Waals surface area (Å²) < 4.78 is 31.7. The largest absolute Gasteiger partial charge is 0.416 e.